The molecule has 106 valence electrons. The lowest BCUT2D eigenvalue weighted by molar-refractivity contribution is 0.552. The highest BCUT2D eigenvalue weighted by Crippen LogP contribution is 2.30. The zero-order valence-corrected chi connectivity index (χ0v) is 13.1. The molecule has 1 aromatic heterocycles. The minimum absolute atomic E-state index is 0.0287. The van der Waals surface area contributed by atoms with Gasteiger partial charge in [0.25, 0.3) is 0 Å². The molecule has 2 rings (SSSR count). The molecule has 1 heterocycles. The van der Waals surface area contributed by atoms with Gasteiger partial charge in [-0.3, -0.25) is 0 Å². The van der Waals surface area contributed by atoms with Gasteiger partial charge in [0.15, 0.2) is 0 Å². The van der Waals surface area contributed by atoms with E-state index in [1.165, 1.54) is 18.3 Å². The molecule has 0 spiro atoms. The average Bonchev–Trinajstić information content (AvgIpc) is 2.76. The molecule has 1 aromatic rings. The standard InChI is InChI=1S/C12H17ClN2O2S2/c1-2-18-10-4-3-9(7-10)15-19(16,17)11-5-6-14-12(13)8-11/h5-6,8-10,15H,2-4,7H2,1H3. The first-order valence-electron chi connectivity index (χ1n) is 6.26. The molecule has 0 radical (unpaired) electrons. The maximum Gasteiger partial charge on any atom is 0.240 e. The van der Waals surface area contributed by atoms with Crippen LogP contribution in [-0.4, -0.2) is 30.4 Å². The fourth-order valence-electron chi connectivity index (χ4n) is 2.27. The molecular formula is C12H17ClN2O2S2. The van der Waals surface area contributed by atoms with Crippen molar-refractivity contribution in [2.75, 3.05) is 5.75 Å². The highest BCUT2D eigenvalue weighted by atomic mass is 35.5. The van der Waals surface area contributed by atoms with Crippen LogP contribution in [0.3, 0.4) is 0 Å². The summed E-state index contributed by atoms with van der Waals surface area (Å²) in [7, 11) is -3.49. The van der Waals surface area contributed by atoms with E-state index in [1.54, 1.807) is 0 Å². The van der Waals surface area contributed by atoms with E-state index in [9.17, 15) is 8.42 Å². The normalized spacial score (nSPS) is 23.7. The van der Waals surface area contributed by atoms with Crippen molar-refractivity contribution in [3.63, 3.8) is 0 Å². The fourth-order valence-corrected chi connectivity index (χ4v) is 4.95. The van der Waals surface area contributed by atoms with Gasteiger partial charge in [0.2, 0.25) is 10.0 Å². The van der Waals surface area contributed by atoms with Crippen molar-refractivity contribution in [3.8, 4) is 0 Å². The molecule has 19 heavy (non-hydrogen) atoms. The third kappa shape index (κ3) is 4.08. The van der Waals surface area contributed by atoms with Crippen LogP contribution in [-0.2, 0) is 10.0 Å². The summed E-state index contributed by atoms with van der Waals surface area (Å²) in [5.74, 6) is 1.07. The van der Waals surface area contributed by atoms with Gasteiger partial charge < -0.3 is 0 Å². The average molecular weight is 321 g/mol. The molecule has 7 heteroatoms. The third-order valence-corrected chi connectivity index (χ3v) is 6.07. The van der Waals surface area contributed by atoms with Gasteiger partial charge in [-0.2, -0.15) is 11.8 Å². The van der Waals surface area contributed by atoms with Crippen molar-refractivity contribution < 1.29 is 8.42 Å². The number of hydrogen-bond donors (Lipinski definition) is 1. The Balaban J connectivity index is 2.02. The lowest BCUT2D eigenvalue weighted by Gasteiger charge is -2.13. The van der Waals surface area contributed by atoms with E-state index in [4.69, 9.17) is 11.6 Å². The smallest absolute Gasteiger partial charge is 0.240 e. The lowest BCUT2D eigenvalue weighted by Crippen LogP contribution is -2.33. The second-order valence-electron chi connectivity index (χ2n) is 4.52. The first-order chi connectivity index (χ1) is 9.01. The molecule has 4 nitrogen and oxygen atoms in total. The molecule has 1 aliphatic rings. The number of hydrogen-bond acceptors (Lipinski definition) is 4. The van der Waals surface area contributed by atoms with Crippen LogP contribution in [0.5, 0.6) is 0 Å². The van der Waals surface area contributed by atoms with Gasteiger partial charge in [0, 0.05) is 17.5 Å². The number of sulfonamides is 1. The van der Waals surface area contributed by atoms with Gasteiger partial charge in [-0.05, 0) is 37.1 Å². The monoisotopic (exact) mass is 320 g/mol. The Morgan fingerprint density at radius 2 is 2.32 bits per heavy atom. The van der Waals surface area contributed by atoms with Gasteiger partial charge in [-0.25, -0.2) is 18.1 Å². The van der Waals surface area contributed by atoms with Crippen LogP contribution in [0.1, 0.15) is 26.2 Å². The first kappa shape index (κ1) is 15.1. The maximum atomic E-state index is 12.2. The molecule has 1 fully saturated rings. The van der Waals surface area contributed by atoms with Crippen molar-refractivity contribution in [1.82, 2.24) is 9.71 Å². The summed E-state index contributed by atoms with van der Waals surface area (Å²) in [5, 5.41) is 0.757. The summed E-state index contributed by atoms with van der Waals surface area (Å²) >= 11 is 7.63. The topological polar surface area (TPSA) is 59.1 Å². The Hall–Kier alpha value is -0.300. The van der Waals surface area contributed by atoms with Crippen LogP contribution in [0.4, 0.5) is 0 Å². The van der Waals surface area contributed by atoms with Crippen LogP contribution in [0.2, 0.25) is 5.15 Å². The van der Waals surface area contributed by atoms with Crippen LogP contribution in [0, 0.1) is 0 Å². The number of nitrogens with one attached hydrogen (secondary N) is 1. The van der Waals surface area contributed by atoms with Gasteiger partial charge >= 0.3 is 0 Å². The third-order valence-electron chi connectivity index (χ3n) is 3.12. The van der Waals surface area contributed by atoms with Gasteiger partial charge in [-0.15, -0.1) is 0 Å². The highest BCUT2D eigenvalue weighted by Gasteiger charge is 2.28. The Bertz CT molecular complexity index is 536. The molecule has 0 aliphatic heterocycles. The Morgan fingerprint density at radius 3 is 3.00 bits per heavy atom. The lowest BCUT2D eigenvalue weighted by atomic mass is 10.3. The summed E-state index contributed by atoms with van der Waals surface area (Å²) in [6.45, 7) is 2.13. The van der Waals surface area contributed by atoms with Gasteiger partial charge in [-0.1, -0.05) is 18.5 Å². The number of halogens is 1. The summed E-state index contributed by atoms with van der Waals surface area (Å²) in [6.07, 6.45) is 4.27. The second-order valence-corrected chi connectivity index (χ2v) is 8.20. The molecule has 1 saturated carbocycles. The number of nitrogens with zero attached hydrogens (tertiary/aromatic N) is 1. The highest BCUT2D eigenvalue weighted by molar-refractivity contribution is 7.99. The van der Waals surface area contributed by atoms with E-state index in [-0.39, 0.29) is 16.1 Å². The zero-order chi connectivity index (χ0) is 13.9. The van der Waals surface area contributed by atoms with Crippen LogP contribution in [0.15, 0.2) is 23.2 Å². The van der Waals surface area contributed by atoms with E-state index in [0.717, 1.165) is 25.0 Å². The predicted octanol–water partition coefficient (Wildman–Crippen LogP) is 2.69. The van der Waals surface area contributed by atoms with Crippen LogP contribution in [0.25, 0.3) is 0 Å². The molecule has 2 unspecified atom stereocenters. The Labute approximate surface area is 123 Å². The quantitative estimate of drug-likeness (QED) is 0.847. The van der Waals surface area contributed by atoms with E-state index >= 15 is 0 Å². The summed E-state index contributed by atoms with van der Waals surface area (Å²) < 4.78 is 27.2. The Morgan fingerprint density at radius 1 is 1.53 bits per heavy atom. The van der Waals surface area contributed by atoms with Crippen molar-refractivity contribution in [3.05, 3.63) is 23.5 Å². The number of aromatic nitrogens is 1. The van der Waals surface area contributed by atoms with E-state index < -0.39 is 10.0 Å². The van der Waals surface area contributed by atoms with Crippen molar-refractivity contribution in [2.24, 2.45) is 0 Å². The predicted molar refractivity (Wildman–Crippen MR) is 79.1 cm³/mol. The van der Waals surface area contributed by atoms with E-state index in [1.807, 2.05) is 11.8 Å². The molecule has 1 aliphatic carbocycles. The Kier molecular flexibility index (Phi) is 5.11. The minimum Gasteiger partial charge on any atom is -0.244 e. The number of pyridine rings is 1. The maximum absolute atomic E-state index is 12.2. The molecule has 0 aromatic carbocycles. The number of thioether (sulfide) groups is 1. The van der Waals surface area contributed by atoms with E-state index in [2.05, 4.69) is 16.6 Å². The molecule has 2 atom stereocenters. The summed E-state index contributed by atoms with van der Waals surface area (Å²) in [4.78, 5) is 3.97. The molecular weight excluding hydrogens is 304 g/mol. The van der Waals surface area contributed by atoms with Crippen molar-refractivity contribution in [1.29, 1.82) is 0 Å². The SMILES string of the molecule is CCSC1CCC(NS(=O)(=O)c2ccnc(Cl)c2)C1. The van der Waals surface area contributed by atoms with Crippen molar-refractivity contribution in [2.45, 2.75) is 42.4 Å². The summed E-state index contributed by atoms with van der Waals surface area (Å²) in [5.41, 5.74) is 0. The molecule has 0 bridgehead atoms. The second kappa shape index (κ2) is 6.43. The first-order valence-corrected chi connectivity index (χ1v) is 9.17. The largest absolute Gasteiger partial charge is 0.244 e. The minimum atomic E-state index is -3.49. The van der Waals surface area contributed by atoms with E-state index in [0.29, 0.717) is 5.25 Å². The van der Waals surface area contributed by atoms with Gasteiger partial charge in [0.1, 0.15) is 5.15 Å². The molecule has 1 N–H and O–H groups in total. The van der Waals surface area contributed by atoms with Crippen LogP contribution < -0.4 is 4.72 Å². The summed E-state index contributed by atoms with van der Waals surface area (Å²) in [6, 6.07) is 2.86. The van der Waals surface area contributed by atoms with Crippen molar-refractivity contribution >= 4 is 33.4 Å². The number of rotatable bonds is 5. The fraction of sp³-hybridized carbons (Fsp3) is 0.583. The zero-order valence-electron chi connectivity index (χ0n) is 10.7. The molecule has 0 amide bonds. The van der Waals surface area contributed by atoms with Crippen LogP contribution >= 0.6 is 23.4 Å². The van der Waals surface area contributed by atoms with Gasteiger partial charge in [0.05, 0.1) is 4.90 Å². The molecule has 0 saturated heterocycles.